The Kier molecular flexibility index (Phi) is 7.30. The molecule has 10 nitrogen and oxygen atoms in total. The monoisotopic (exact) mass is 554 g/mol. The Hall–Kier alpha value is -4.65. The average molecular weight is 555 g/mol. The van der Waals surface area contributed by atoms with Gasteiger partial charge in [0.2, 0.25) is 0 Å². The minimum absolute atomic E-state index is 0.0319. The van der Waals surface area contributed by atoms with Crippen molar-refractivity contribution in [1.29, 1.82) is 5.26 Å². The van der Waals surface area contributed by atoms with Crippen LogP contribution in [0.15, 0.2) is 48.5 Å². The van der Waals surface area contributed by atoms with Crippen molar-refractivity contribution in [2.24, 2.45) is 0 Å². The summed E-state index contributed by atoms with van der Waals surface area (Å²) in [5.74, 6) is 0.802. The molecule has 4 aromatic rings. The predicted octanol–water partition coefficient (Wildman–Crippen LogP) is 6.89. The second kappa shape index (κ2) is 10.7. The van der Waals surface area contributed by atoms with E-state index in [-0.39, 0.29) is 28.7 Å². The van der Waals surface area contributed by atoms with Gasteiger partial charge in [0.1, 0.15) is 17.1 Å². The molecular weight excluding hydrogens is 520 g/mol. The second-order valence-electron chi connectivity index (χ2n) is 11.8. The summed E-state index contributed by atoms with van der Waals surface area (Å²) in [6, 6.07) is 17.0. The Bertz CT molecular complexity index is 1690. The molecule has 1 fully saturated rings. The summed E-state index contributed by atoms with van der Waals surface area (Å²) in [5.41, 5.74) is 2.50. The Labute approximate surface area is 238 Å². The molecule has 5 rings (SSSR count). The smallest absolute Gasteiger partial charge is 0.410 e. The van der Waals surface area contributed by atoms with Crippen LogP contribution in [0, 0.1) is 21.4 Å². The second-order valence-corrected chi connectivity index (χ2v) is 11.8. The molecule has 0 saturated carbocycles. The third-order valence-corrected chi connectivity index (χ3v) is 7.28. The zero-order valence-electron chi connectivity index (χ0n) is 24.0. The predicted molar refractivity (Wildman–Crippen MR) is 158 cm³/mol. The number of hydrogen-bond donors (Lipinski definition) is 1. The number of amides is 1. The van der Waals surface area contributed by atoms with E-state index < -0.39 is 5.60 Å². The Balaban J connectivity index is 1.55. The van der Waals surface area contributed by atoms with Crippen LogP contribution in [0.5, 0.6) is 0 Å². The van der Waals surface area contributed by atoms with Crippen LogP contribution in [0.1, 0.15) is 64.8 Å². The maximum absolute atomic E-state index is 12.5. The molecule has 0 spiro atoms. The first-order valence-electron chi connectivity index (χ1n) is 13.8. The molecule has 1 aliphatic rings. The van der Waals surface area contributed by atoms with Gasteiger partial charge in [-0.25, -0.2) is 9.78 Å². The summed E-state index contributed by atoms with van der Waals surface area (Å²) in [7, 11) is 0. The highest BCUT2D eigenvalue weighted by Gasteiger charge is 2.29. The van der Waals surface area contributed by atoms with Gasteiger partial charge in [0.05, 0.1) is 33.3 Å². The van der Waals surface area contributed by atoms with Gasteiger partial charge in [-0.3, -0.25) is 14.7 Å². The summed E-state index contributed by atoms with van der Waals surface area (Å²) in [4.78, 5) is 30.8. The Morgan fingerprint density at radius 1 is 1.15 bits per heavy atom. The fourth-order valence-electron chi connectivity index (χ4n) is 5.37. The number of anilines is 1. The molecule has 0 radical (unpaired) electrons. The molecular formula is C31H34N6O4. The number of nitro groups is 1. The number of likely N-dealkylation sites (tertiary alicyclic amines) is 1. The molecule has 2 heterocycles. The molecule has 41 heavy (non-hydrogen) atoms. The van der Waals surface area contributed by atoms with Gasteiger partial charge in [-0.1, -0.05) is 38.1 Å². The third-order valence-electron chi connectivity index (χ3n) is 7.28. The quantitative estimate of drug-likeness (QED) is 0.210. The summed E-state index contributed by atoms with van der Waals surface area (Å²) < 4.78 is 7.55. The lowest BCUT2D eigenvalue weighted by Gasteiger charge is -2.34. The van der Waals surface area contributed by atoms with Gasteiger partial charge in [-0.15, -0.1) is 0 Å². The number of nitrogens with one attached hydrogen (secondary N) is 1. The van der Waals surface area contributed by atoms with E-state index in [9.17, 15) is 20.2 Å². The van der Waals surface area contributed by atoms with Gasteiger partial charge < -0.3 is 15.0 Å². The van der Waals surface area contributed by atoms with Crippen LogP contribution >= 0.6 is 0 Å². The fourth-order valence-corrected chi connectivity index (χ4v) is 5.37. The molecule has 0 unspecified atom stereocenters. The van der Waals surface area contributed by atoms with Crippen LogP contribution in [-0.2, 0) is 4.74 Å². The number of nitrogens with zero attached hydrogens (tertiary/aromatic N) is 5. The molecule has 0 bridgehead atoms. The van der Waals surface area contributed by atoms with Gasteiger partial charge in [0, 0.05) is 41.9 Å². The third kappa shape index (κ3) is 5.53. The number of piperidine rings is 1. The summed E-state index contributed by atoms with van der Waals surface area (Å²) >= 11 is 0. The molecule has 212 valence electrons. The number of benzene rings is 3. The van der Waals surface area contributed by atoms with Gasteiger partial charge in [0.15, 0.2) is 0 Å². The van der Waals surface area contributed by atoms with Crippen molar-refractivity contribution < 1.29 is 14.5 Å². The lowest BCUT2D eigenvalue weighted by atomic mass is 10.0. The minimum Gasteiger partial charge on any atom is -0.444 e. The van der Waals surface area contributed by atoms with E-state index in [0.29, 0.717) is 42.7 Å². The Morgan fingerprint density at radius 3 is 2.44 bits per heavy atom. The van der Waals surface area contributed by atoms with Crippen molar-refractivity contribution in [2.45, 2.75) is 65.0 Å². The molecule has 1 saturated heterocycles. The van der Waals surface area contributed by atoms with E-state index in [1.54, 1.807) is 17.0 Å². The average Bonchev–Trinajstić information content (AvgIpc) is 3.30. The lowest BCUT2D eigenvalue weighted by Crippen LogP contribution is -2.44. The van der Waals surface area contributed by atoms with Crippen molar-refractivity contribution in [1.82, 2.24) is 14.5 Å². The highest BCUT2D eigenvalue weighted by molar-refractivity contribution is 5.97. The largest absolute Gasteiger partial charge is 0.444 e. The van der Waals surface area contributed by atoms with Crippen LogP contribution in [0.2, 0.25) is 0 Å². The van der Waals surface area contributed by atoms with Gasteiger partial charge in [0.25, 0.3) is 5.69 Å². The van der Waals surface area contributed by atoms with Gasteiger partial charge in [-0.05, 0) is 51.8 Å². The highest BCUT2D eigenvalue weighted by atomic mass is 16.6. The molecule has 0 aliphatic carbocycles. The summed E-state index contributed by atoms with van der Waals surface area (Å²) in [6.45, 7) is 10.6. The molecule has 10 heteroatoms. The number of carbonyl (C=O) groups is 1. The fraction of sp³-hybridized carbons (Fsp3) is 0.387. The van der Waals surface area contributed by atoms with E-state index in [4.69, 9.17) is 9.72 Å². The minimum atomic E-state index is -0.569. The van der Waals surface area contributed by atoms with Crippen LogP contribution < -0.4 is 5.32 Å². The van der Waals surface area contributed by atoms with E-state index in [2.05, 4.69) is 11.4 Å². The zero-order chi connectivity index (χ0) is 29.5. The molecule has 1 N–H and O–H groups in total. The molecule has 0 atom stereocenters. The lowest BCUT2D eigenvalue weighted by molar-refractivity contribution is -0.383. The maximum Gasteiger partial charge on any atom is 0.410 e. The number of imidazole rings is 1. The number of rotatable bonds is 5. The van der Waals surface area contributed by atoms with E-state index in [1.807, 2.05) is 69.5 Å². The SMILES string of the molecule is CC(C)c1nc2cc([N+](=O)[O-])c(NC3CCN(C(=O)OC(C)(C)C)CC3)cc2n1-c1ccc(C#N)c2ccccc12. The van der Waals surface area contributed by atoms with Crippen molar-refractivity contribution in [3.05, 3.63) is 70.0 Å². The molecule has 1 aliphatic heterocycles. The highest BCUT2D eigenvalue weighted by Crippen LogP contribution is 2.37. The molecule has 1 aromatic heterocycles. The van der Waals surface area contributed by atoms with Crippen molar-refractivity contribution >= 4 is 39.3 Å². The first kappa shape index (κ1) is 27.9. The molecule has 3 aromatic carbocycles. The van der Waals surface area contributed by atoms with Gasteiger partial charge in [-0.2, -0.15) is 5.26 Å². The number of carbonyl (C=O) groups excluding carboxylic acids is 1. The van der Waals surface area contributed by atoms with E-state index >= 15 is 0 Å². The molecule has 1 amide bonds. The normalized spacial score (nSPS) is 14.4. The number of aromatic nitrogens is 2. The van der Waals surface area contributed by atoms with Crippen molar-refractivity contribution in [3.8, 4) is 11.8 Å². The van der Waals surface area contributed by atoms with Gasteiger partial charge >= 0.3 is 6.09 Å². The van der Waals surface area contributed by atoms with Crippen LogP contribution in [0.3, 0.4) is 0 Å². The zero-order valence-corrected chi connectivity index (χ0v) is 24.0. The number of nitro benzene ring substituents is 1. The van der Waals surface area contributed by atoms with Crippen LogP contribution in [-0.4, -0.2) is 50.2 Å². The number of fused-ring (bicyclic) bond motifs is 2. The number of hydrogen-bond acceptors (Lipinski definition) is 7. The van der Waals surface area contributed by atoms with Crippen molar-refractivity contribution in [3.63, 3.8) is 0 Å². The first-order valence-corrected chi connectivity index (χ1v) is 13.8. The summed E-state index contributed by atoms with van der Waals surface area (Å²) in [6.07, 6.45) is 0.916. The topological polar surface area (TPSA) is 126 Å². The number of ether oxygens (including phenoxy) is 1. The van der Waals surface area contributed by atoms with Crippen molar-refractivity contribution in [2.75, 3.05) is 18.4 Å². The van der Waals surface area contributed by atoms with E-state index in [1.165, 1.54) is 6.07 Å². The van der Waals surface area contributed by atoms with Crippen LogP contribution in [0.25, 0.3) is 27.5 Å². The maximum atomic E-state index is 12.5. The summed E-state index contributed by atoms with van der Waals surface area (Å²) in [5, 5.41) is 27.0. The standard InChI is InChI=1S/C31H34N6O4/c1-19(2)29-34-24-17-28(37(39)40)25(33-21-12-14-35(15-13-21)30(38)41-31(3,4)5)16-27(24)36(29)26-11-10-20(18-32)22-8-6-7-9-23(22)26/h6-11,16-17,19,21,33H,12-15H2,1-5H3. The first-order chi connectivity index (χ1) is 19.5. The number of nitriles is 1. The van der Waals surface area contributed by atoms with E-state index in [0.717, 1.165) is 27.8 Å². The Morgan fingerprint density at radius 2 is 1.83 bits per heavy atom. The van der Waals surface area contributed by atoms with Crippen LogP contribution in [0.4, 0.5) is 16.2 Å².